The van der Waals surface area contributed by atoms with Gasteiger partial charge in [0.05, 0.1) is 49.7 Å². The van der Waals surface area contributed by atoms with Crippen molar-refractivity contribution >= 4 is 46.0 Å². The van der Waals surface area contributed by atoms with Crippen molar-refractivity contribution in [2.24, 2.45) is 5.10 Å². The Hall–Kier alpha value is -4.79. The van der Waals surface area contributed by atoms with Crippen LogP contribution in [0.4, 0.5) is 4.79 Å². The van der Waals surface area contributed by atoms with Gasteiger partial charge in [-0.1, -0.05) is 6.07 Å². The number of esters is 2. The van der Waals surface area contributed by atoms with Gasteiger partial charge in [0.25, 0.3) is 5.91 Å². The number of benzene rings is 2. The number of ether oxygens (including phenoxy) is 6. The summed E-state index contributed by atoms with van der Waals surface area (Å²) in [5, 5.41) is 9.26. The van der Waals surface area contributed by atoms with Crippen LogP contribution in [-0.4, -0.2) is 70.7 Å². The number of amides is 3. The summed E-state index contributed by atoms with van der Waals surface area (Å²) in [7, 11) is 2.68. The monoisotopic (exact) mass is 676 g/mol. The van der Waals surface area contributed by atoms with Crippen LogP contribution in [0.15, 0.2) is 51.2 Å². The van der Waals surface area contributed by atoms with E-state index in [1.54, 1.807) is 51.1 Å². The van der Waals surface area contributed by atoms with Crippen LogP contribution in [0.2, 0.25) is 0 Å². The van der Waals surface area contributed by atoms with Gasteiger partial charge in [0, 0.05) is 5.70 Å². The fourth-order valence-electron chi connectivity index (χ4n) is 4.02. The third kappa shape index (κ3) is 8.86. The molecule has 0 bridgehead atoms. The Balaban J connectivity index is 1.67. The quantitative estimate of drug-likeness (QED) is 0.153. The maximum Gasteiger partial charge on any atom is 0.343 e. The van der Waals surface area contributed by atoms with Crippen LogP contribution >= 0.6 is 15.9 Å². The molecule has 0 fully saturated rings. The van der Waals surface area contributed by atoms with E-state index in [1.807, 2.05) is 0 Å². The van der Waals surface area contributed by atoms with Crippen LogP contribution in [-0.2, 0) is 23.9 Å². The fourth-order valence-corrected chi connectivity index (χ4v) is 4.59. The third-order valence-corrected chi connectivity index (χ3v) is 6.53. The predicted octanol–water partition coefficient (Wildman–Crippen LogP) is 3.13. The third-order valence-electron chi connectivity index (χ3n) is 5.94. The van der Waals surface area contributed by atoms with Gasteiger partial charge in [-0.3, -0.25) is 4.79 Å². The first-order chi connectivity index (χ1) is 21.1. The van der Waals surface area contributed by atoms with E-state index in [0.29, 0.717) is 39.4 Å². The van der Waals surface area contributed by atoms with Crippen LogP contribution in [0.3, 0.4) is 0 Å². The number of carbonyl (C=O) groups is 4. The topological polar surface area (TPSA) is 172 Å². The molecule has 1 aliphatic rings. The second-order valence-electron chi connectivity index (χ2n) is 8.91. The maximum atomic E-state index is 12.6. The Morgan fingerprint density at radius 2 is 1.77 bits per heavy atom. The molecule has 0 aromatic heterocycles. The lowest BCUT2D eigenvalue weighted by Crippen LogP contribution is -2.45. The van der Waals surface area contributed by atoms with Crippen molar-refractivity contribution in [1.29, 1.82) is 0 Å². The first-order valence-corrected chi connectivity index (χ1v) is 14.1. The van der Waals surface area contributed by atoms with E-state index in [4.69, 9.17) is 23.7 Å². The van der Waals surface area contributed by atoms with Crippen molar-refractivity contribution in [3.63, 3.8) is 0 Å². The molecular weight excluding hydrogens is 644 g/mol. The number of halogens is 1. The molecule has 44 heavy (non-hydrogen) atoms. The average Bonchev–Trinajstić information content (AvgIpc) is 2.99. The van der Waals surface area contributed by atoms with Crippen LogP contribution < -0.4 is 35.0 Å². The molecule has 15 heteroatoms. The molecule has 1 heterocycles. The van der Waals surface area contributed by atoms with Crippen LogP contribution in [0.5, 0.6) is 23.0 Å². The molecular formula is C29H33BrN4O10. The van der Waals surface area contributed by atoms with Crippen molar-refractivity contribution in [3.8, 4) is 23.0 Å². The summed E-state index contributed by atoms with van der Waals surface area (Å²) in [4.78, 5) is 48.6. The lowest BCUT2D eigenvalue weighted by Gasteiger charge is -2.28. The normalized spacial score (nSPS) is 14.3. The minimum Gasteiger partial charge on any atom is -0.493 e. The number of allylic oxidation sites excluding steroid dienone is 1. The van der Waals surface area contributed by atoms with E-state index in [0.717, 1.165) is 0 Å². The summed E-state index contributed by atoms with van der Waals surface area (Å²) in [6.45, 7) is 4.92. The lowest BCUT2D eigenvalue weighted by atomic mass is 9.95. The van der Waals surface area contributed by atoms with E-state index in [2.05, 4.69) is 41.8 Å². The molecule has 1 atom stereocenters. The minimum absolute atomic E-state index is 0.171. The Morgan fingerprint density at radius 3 is 2.45 bits per heavy atom. The highest BCUT2D eigenvalue weighted by Gasteiger charge is 2.32. The van der Waals surface area contributed by atoms with E-state index in [-0.39, 0.29) is 30.3 Å². The SMILES string of the molecule is CCOC(=O)C1=C(C)NC(=O)N[C@@H]1c1ccc(OCC(=O)N/N=C\c2cc(Br)c(OCC(=O)OC)c(OCC)c2)c(OC)c1. The molecule has 0 aliphatic carbocycles. The van der Waals surface area contributed by atoms with Crippen molar-refractivity contribution in [2.75, 3.05) is 40.6 Å². The molecule has 0 radical (unpaired) electrons. The van der Waals surface area contributed by atoms with Crippen molar-refractivity contribution in [3.05, 3.63) is 57.2 Å². The molecule has 236 valence electrons. The molecule has 3 rings (SSSR count). The summed E-state index contributed by atoms with van der Waals surface area (Å²) in [5.74, 6) is -0.461. The number of nitrogens with one attached hydrogen (secondary N) is 3. The van der Waals surface area contributed by atoms with E-state index in [9.17, 15) is 19.2 Å². The summed E-state index contributed by atoms with van der Waals surface area (Å²) in [5.41, 5.74) is 4.12. The van der Waals surface area contributed by atoms with Gasteiger partial charge in [-0.2, -0.15) is 5.10 Å². The molecule has 0 saturated heterocycles. The van der Waals surface area contributed by atoms with Gasteiger partial charge < -0.3 is 39.1 Å². The molecule has 3 N–H and O–H groups in total. The number of rotatable bonds is 14. The highest BCUT2D eigenvalue weighted by Crippen LogP contribution is 2.37. The number of urea groups is 1. The smallest absolute Gasteiger partial charge is 0.343 e. The second kappa shape index (κ2) is 16.2. The van der Waals surface area contributed by atoms with Crippen LogP contribution in [0.25, 0.3) is 0 Å². The van der Waals surface area contributed by atoms with Gasteiger partial charge >= 0.3 is 18.0 Å². The molecule has 0 unspecified atom stereocenters. The Morgan fingerprint density at radius 1 is 1.00 bits per heavy atom. The molecule has 2 aromatic rings. The average molecular weight is 678 g/mol. The standard InChI is InChI=1S/C29H33BrN4O10/c1-6-41-22-11-17(10-19(30)27(22)44-15-24(36)40-5)13-31-34-23(35)14-43-20-9-8-18(12-21(20)39-4)26-25(28(37)42-7-2)16(3)32-29(38)33-26/h8-13,26H,6-7,14-15H2,1-5H3,(H,34,35)(H2,32,33,38)/b31-13-/t26-/m1/s1. The Bertz CT molecular complexity index is 1460. The fraction of sp³-hybridized carbons (Fsp3) is 0.345. The van der Waals surface area contributed by atoms with Crippen molar-refractivity contribution < 1.29 is 47.6 Å². The summed E-state index contributed by atoms with van der Waals surface area (Å²) in [6.07, 6.45) is 1.40. The van der Waals surface area contributed by atoms with Gasteiger partial charge in [-0.05, 0) is 72.1 Å². The Labute approximate surface area is 262 Å². The number of hydrogen-bond donors (Lipinski definition) is 3. The van der Waals surface area contributed by atoms with Crippen molar-refractivity contribution in [2.45, 2.75) is 26.8 Å². The highest BCUT2D eigenvalue weighted by molar-refractivity contribution is 9.10. The number of carbonyl (C=O) groups excluding carboxylic acids is 4. The summed E-state index contributed by atoms with van der Waals surface area (Å²) in [6, 6.07) is 6.84. The van der Waals surface area contributed by atoms with Gasteiger partial charge in [-0.25, -0.2) is 19.8 Å². The van der Waals surface area contributed by atoms with Crippen LogP contribution in [0.1, 0.15) is 37.9 Å². The number of nitrogens with zero attached hydrogens (tertiary/aromatic N) is 1. The predicted molar refractivity (Wildman–Crippen MR) is 161 cm³/mol. The Kier molecular flexibility index (Phi) is 12.4. The number of methoxy groups -OCH3 is 2. The van der Waals surface area contributed by atoms with Crippen LogP contribution in [0, 0.1) is 0 Å². The van der Waals surface area contributed by atoms with E-state index < -0.39 is 36.5 Å². The lowest BCUT2D eigenvalue weighted by molar-refractivity contribution is -0.143. The van der Waals surface area contributed by atoms with Gasteiger partial charge in [-0.15, -0.1) is 0 Å². The molecule has 14 nitrogen and oxygen atoms in total. The highest BCUT2D eigenvalue weighted by atomic mass is 79.9. The number of hydrazone groups is 1. The van der Waals surface area contributed by atoms with Crippen molar-refractivity contribution in [1.82, 2.24) is 16.1 Å². The molecule has 3 amide bonds. The van der Waals surface area contributed by atoms with Gasteiger partial charge in [0.2, 0.25) is 0 Å². The van der Waals surface area contributed by atoms with Gasteiger partial charge in [0.1, 0.15) is 0 Å². The zero-order valence-electron chi connectivity index (χ0n) is 24.8. The maximum absolute atomic E-state index is 12.6. The first-order valence-electron chi connectivity index (χ1n) is 13.4. The molecule has 1 aliphatic heterocycles. The van der Waals surface area contributed by atoms with E-state index in [1.165, 1.54) is 20.4 Å². The zero-order chi connectivity index (χ0) is 32.2. The summed E-state index contributed by atoms with van der Waals surface area (Å²) < 4.78 is 32.5. The number of hydrogen-bond acceptors (Lipinski definition) is 11. The zero-order valence-corrected chi connectivity index (χ0v) is 26.4. The minimum atomic E-state index is -0.792. The molecule has 2 aromatic carbocycles. The second-order valence-corrected chi connectivity index (χ2v) is 9.76. The first kappa shape index (κ1) is 33.7. The molecule has 0 spiro atoms. The molecule has 0 saturated carbocycles. The van der Waals surface area contributed by atoms with Gasteiger partial charge in [0.15, 0.2) is 36.2 Å². The summed E-state index contributed by atoms with van der Waals surface area (Å²) >= 11 is 3.39. The van der Waals surface area contributed by atoms with E-state index >= 15 is 0 Å². The largest absolute Gasteiger partial charge is 0.493 e.